The van der Waals surface area contributed by atoms with Crippen LogP contribution in [0.4, 0.5) is 17.6 Å². The van der Waals surface area contributed by atoms with Crippen LogP contribution in [-0.2, 0) is 12.7 Å². The maximum Gasteiger partial charge on any atom is 0.416 e. The van der Waals surface area contributed by atoms with Crippen molar-refractivity contribution in [2.24, 2.45) is 5.73 Å². The maximum atomic E-state index is 14.7. The average molecular weight is 496 g/mol. The normalized spacial score (nSPS) is 11.9. The summed E-state index contributed by atoms with van der Waals surface area (Å²) in [4.78, 5) is 12.2. The molecule has 35 heavy (non-hydrogen) atoms. The summed E-state index contributed by atoms with van der Waals surface area (Å²) in [5.41, 5.74) is 7.46. The summed E-state index contributed by atoms with van der Waals surface area (Å²) in [6.45, 7) is -0.199. The van der Waals surface area contributed by atoms with E-state index in [1.807, 2.05) is 18.2 Å². The zero-order chi connectivity index (χ0) is 24.9. The predicted octanol–water partition coefficient (Wildman–Crippen LogP) is 7.22. The minimum Gasteiger partial charge on any atom is -0.366 e. The molecule has 8 heteroatoms. The number of aromatic nitrogens is 1. The van der Waals surface area contributed by atoms with Gasteiger partial charge in [0.25, 0.3) is 0 Å². The lowest BCUT2D eigenvalue weighted by Crippen LogP contribution is -2.11. The van der Waals surface area contributed by atoms with Gasteiger partial charge in [-0.1, -0.05) is 29.8 Å². The van der Waals surface area contributed by atoms with Crippen molar-refractivity contribution in [3.05, 3.63) is 106 Å². The van der Waals surface area contributed by atoms with Crippen molar-refractivity contribution < 1.29 is 22.4 Å². The van der Waals surface area contributed by atoms with Gasteiger partial charge in [-0.3, -0.25) is 4.79 Å². The van der Waals surface area contributed by atoms with Gasteiger partial charge in [0.05, 0.1) is 23.1 Å². The van der Waals surface area contributed by atoms with Gasteiger partial charge in [0.2, 0.25) is 5.91 Å². The molecule has 0 atom stereocenters. The number of alkyl halides is 3. The molecule has 175 valence electrons. The molecule has 4 aromatic carbocycles. The lowest BCUT2D eigenvalue weighted by molar-refractivity contribution is -0.137. The van der Waals surface area contributed by atoms with E-state index in [1.54, 1.807) is 41.0 Å². The predicted molar refractivity (Wildman–Crippen MR) is 128 cm³/mol. The Bertz CT molecular complexity index is 1600. The van der Waals surface area contributed by atoms with Crippen molar-refractivity contribution in [1.29, 1.82) is 0 Å². The van der Waals surface area contributed by atoms with E-state index < -0.39 is 23.5 Å². The molecule has 0 aliphatic carbocycles. The first-order chi connectivity index (χ1) is 16.6. The number of amides is 1. The van der Waals surface area contributed by atoms with Gasteiger partial charge in [-0.05, 0) is 71.8 Å². The molecular weight excluding hydrogens is 480 g/mol. The van der Waals surface area contributed by atoms with Crippen molar-refractivity contribution in [2.45, 2.75) is 12.7 Å². The highest BCUT2D eigenvalue weighted by molar-refractivity contribution is 6.30. The number of rotatable bonds is 4. The van der Waals surface area contributed by atoms with Crippen LogP contribution in [0.25, 0.3) is 32.9 Å². The second-order valence-electron chi connectivity index (χ2n) is 8.11. The van der Waals surface area contributed by atoms with Crippen LogP contribution in [0.3, 0.4) is 0 Å². The molecule has 0 saturated heterocycles. The van der Waals surface area contributed by atoms with Gasteiger partial charge >= 0.3 is 6.18 Å². The van der Waals surface area contributed by atoms with Crippen molar-refractivity contribution in [1.82, 2.24) is 4.57 Å². The molecule has 0 aliphatic rings. The Labute approximate surface area is 202 Å². The number of fused-ring (bicyclic) bond motifs is 3. The second kappa shape index (κ2) is 8.43. The molecule has 0 aliphatic heterocycles. The van der Waals surface area contributed by atoms with Crippen LogP contribution in [0.2, 0.25) is 5.02 Å². The molecule has 1 aromatic heterocycles. The SMILES string of the molecule is NC(=O)c1cccc2c1c1[c]cc(-c3ccc(Cl)cc3)cc1n2Cc1cc(C(F)(F)F)ccc1F. The quantitative estimate of drug-likeness (QED) is 0.263. The Morgan fingerprint density at radius 1 is 0.971 bits per heavy atom. The number of nitrogens with zero attached hydrogens (tertiary/aromatic N) is 1. The monoisotopic (exact) mass is 495 g/mol. The number of carbonyl (C=O) groups is 1. The van der Waals surface area contributed by atoms with Crippen LogP contribution >= 0.6 is 11.6 Å². The highest BCUT2D eigenvalue weighted by Crippen LogP contribution is 2.36. The van der Waals surface area contributed by atoms with E-state index >= 15 is 0 Å². The Kier molecular flexibility index (Phi) is 5.52. The first kappa shape index (κ1) is 22.9. The second-order valence-corrected chi connectivity index (χ2v) is 8.55. The molecule has 3 nitrogen and oxygen atoms in total. The molecule has 1 radical (unpaired) electrons. The van der Waals surface area contributed by atoms with E-state index in [-0.39, 0.29) is 17.7 Å². The van der Waals surface area contributed by atoms with Crippen molar-refractivity contribution in [3.8, 4) is 11.1 Å². The minimum atomic E-state index is -4.61. The summed E-state index contributed by atoms with van der Waals surface area (Å²) in [6, 6.07) is 21.1. The van der Waals surface area contributed by atoms with Crippen molar-refractivity contribution >= 4 is 39.3 Å². The molecule has 0 spiro atoms. The number of nitrogens with two attached hydrogens (primary N) is 1. The number of carbonyl (C=O) groups excluding carboxylic acids is 1. The summed E-state index contributed by atoms with van der Waals surface area (Å²) in [7, 11) is 0. The largest absolute Gasteiger partial charge is 0.416 e. The molecule has 2 N–H and O–H groups in total. The molecule has 1 heterocycles. The van der Waals surface area contributed by atoms with Crippen LogP contribution < -0.4 is 5.73 Å². The number of benzene rings is 4. The Hall–Kier alpha value is -3.84. The molecule has 5 aromatic rings. The topological polar surface area (TPSA) is 48.0 Å². The fourth-order valence-electron chi connectivity index (χ4n) is 4.28. The molecule has 0 unspecified atom stereocenters. The van der Waals surface area contributed by atoms with Crippen molar-refractivity contribution in [2.75, 3.05) is 0 Å². The third-order valence-corrected chi connectivity index (χ3v) is 6.19. The summed E-state index contributed by atoms with van der Waals surface area (Å²) >= 11 is 6.00. The van der Waals surface area contributed by atoms with Crippen molar-refractivity contribution in [3.63, 3.8) is 0 Å². The van der Waals surface area contributed by atoms with E-state index in [1.165, 1.54) is 0 Å². The minimum absolute atomic E-state index is 0.139. The van der Waals surface area contributed by atoms with Gasteiger partial charge in [0.1, 0.15) is 5.82 Å². The Balaban J connectivity index is 1.78. The number of hydrogen-bond acceptors (Lipinski definition) is 1. The molecular formula is C27H16ClF4N2O. The van der Waals surface area contributed by atoms with E-state index in [0.717, 1.165) is 23.3 Å². The van der Waals surface area contributed by atoms with Crippen LogP contribution in [0.15, 0.2) is 72.8 Å². The fraction of sp³-hybridized carbons (Fsp3) is 0.0741. The summed E-state index contributed by atoms with van der Waals surface area (Å²) in [5.74, 6) is -1.42. The van der Waals surface area contributed by atoms with Gasteiger partial charge in [-0.15, -0.1) is 0 Å². The standard InChI is InChI=1S/C27H16ClF4N2O/c28-19-8-4-15(5-9-19)16-6-10-20-24(13-16)34(23-3-1-2-21(25(20)23)26(33)35)14-17-12-18(27(30,31)32)7-11-22(17)29/h1-9,11-13H,14H2,(H2,33,35). The highest BCUT2D eigenvalue weighted by Gasteiger charge is 2.31. The highest BCUT2D eigenvalue weighted by atomic mass is 35.5. The zero-order valence-corrected chi connectivity index (χ0v) is 18.7. The average Bonchev–Trinajstić information content (AvgIpc) is 3.13. The Morgan fingerprint density at radius 2 is 1.71 bits per heavy atom. The third-order valence-electron chi connectivity index (χ3n) is 5.94. The zero-order valence-electron chi connectivity index (χ0n) is 18.0. The Morgan fingerprint density at radius 3 is 2.40 bits per heavy atom. The molecule has 5 rings (SSSR count). The number of hydrogen-bond donors (Lipinski definition) is 1. The van der Waals surface area contributed by atoms with E-state index in [0.29, 0.717) is 32.9 Å². The summed E-state index contributed by atoms with van der Waals surface area (Å²) in [5, 5.41) is 1.63. The maximum absolute atomic E-state index is 14.7. The van der Waals surface area contributed by atoms with Gasteiger partial charge in [0, 0.05) is 26.9 Å². The fourth-order valence-corrected chi connectivity index (χ4v) is 4.41. The lowest BCUT2D eigenvalue weighted by Gasteiger charge is -2.13. The van der Waals surface area contributed by atoms with Gasteiger partial charge in [0.15, 0.2) is 0 Å². The third kappa shape index (κ3) is 4.12. The molecule has 0 saturated carbocycles. The van der Waals surface area contributed by atoms with E-state index in [2.05, 4.69) is 6.07 Å². The smallest absolute Gasteiger partial charge is 0.366 e. The van der Waals surface area contributed by atoms with Gasteiger partial charge in [-0.2, -0.15) is 13.2 Å². The first-order valence-corrected chi connectivity index (χ1v) is 10.9. The van der Waals surface area contributed by atoms with Gasteiger partial charge in [-0.25, -0.2) is 4.39 Å². The number of primary amides is 1. The van der Waals surface area contributed by atoms with Crippen LogP contribution in [-0.4, -0.2) is 10.5 Å². The van der Waals surface area contributed by atoms with Gasteiger partial charge < -0.3 is 10.3 Å². The van der Waals surface area contributed by atoms with Crippen LogP contribution in [0.5, 0.6) is 0 Å². The lowest BCUT2D eigenvalue weighted by atomic mass is 10.0. The molecule has 0 bridgehead atoms. The first-order valence-electron chi connectivity index (χ1n) is 10.5. The number of halogens is 5. The summed E-state index contributed by atoms with van der Waals surface area (Å²) < 4.78 is 56.2. The van der Waals surface area contributed by atoms with E-state index in [4.69, 9.17) is 17.3 Å². The summed E-state index contributed by atoms with van der Waals surface area (Å²) in [6.07, 6.45) is -4.61. The molecule has 1 amide bonds. The van der Waals surface area contributed by atoms with Crippen LogP contribution in [0.1, 0.15) is 21.5 Å². The molecule has 0 fully saturated rings. The van der Waals surface area contributed by atoms with Crippen LogP contribution in [0, 0.1) is 11.9 Å². The van der Waals surface area contributed by atoms with E-state index in [9.17, 15) is 22.4 Å².